The van der Waals surface area contributed by atoms with Gasteiger partial charge in [-0.05, 0) is 37.6 Å². The van der Waals surface area contributed by atoms with Crippen LogP contribution in [0.1, 0.15) is 36.5 Å². The van der Waals surface area contributed by atoms with Gasteiger partial charge in [0.15, 0.2) is 0 Å². The number of nitrogens with one attached hydrogen (secondary N) is 2. The molecule has 2 N–H and O–H groups in total. The Morgan fingerprint density at radius 3 is 2.86 bits per heavy atom. The fraction of sp³-hybridized carbons (Fsp3) is 0.500. The lowest BCUT2D eigenvalue weighted by Gasteiger charge is -2.16. The summed E-state index contributed by atoms with van der Waals surface area (Å²) >= 11 is 0. The van der Waals surface area contributed by atoms with Gasteiger partial charge in [-0.2, -0.15) is 0 Å². The lowest BCUT2D eigenvalue weighted by atomic mass is 10.1. The first-order valence-electron chi connectivity index (χ1n) is 7.61. The number of carbonyl (C=O) groups excluding carboxylic acids is 2. The van der Waals surface area contributed by atoms with Crippen LogP contribution in [0.15, 0.2) is 24.3 Å². The van der Waals surface area contributed by atoms with Gasteiger partial charge in [0.05, 0.1) is 0 Å². The molecular weight excluding hydrogens is 266 g/mol. The minimum absolute atomic E-state index is 0.0956. The van der Waals surface area contributed by atoms with Crippen LogP contribution in [-0.2, 0) is 4.79 Å². The topological polar surface area (TPSA) is 61.4 Å². The van der Waals surface area contributed by atoms with E-state index in [-0.39, 0.29) is 11.8 Å². The third-order valence-corrected chi connectivity index (χ3v) is 3.51. The first-order valence-corrected chi connectivity index (χ1v) is 7.61. The highest BCUT2D eigenvalue weighted by atomic mass is 16.2. The Morgan fingerprint density at radius 1 is 1.29 bits per heavy atom. The average molecular weight is 289 g/mol. The Balaban J connectivity index is 1.91. The molecule has 1 aromatic carbocycles. The summed E-state index contributed by atoms with van der Waals surface area (Å²) in [5.41, 5.74) is 1.41. The van der Waals surface area contributed by atoms with Crippen LogP contribution in [0.25, 0.3) is 0 Å². The molecule has 0 atom stereocenters. The third-order valence-electron chi connectivity index (χ3n) is 3.51. The van der Waals surface area contributed by atoms with E-state index in [0.717, 1.165) is 38.2 Å². The minimum Gasteiger partial charge on any atom is -0.351 e. The maximum Gasteiger partial charge on any atom is 0.251 e. The van der Waals surface area contributed by atoms with E-state index in [2.05, 4.69) is 17.6 Å². The molecule has 0 aromatic heterocycles. The number of nitrogens with zero attached hydrogens (tertiary/aromatic N) is 1. The quantitative estimate of drug-likeness (QED) is 0.749. The van der Waals surface area contributed by atoms with Crippen molar-refractivity contribution in [2.45, 2.75) is 26.2 Å². The summed E-state index contributed by atoms with van der Waals surface area (Å²) in [4.78, 5) is 25.6. The fourth-order valence-corrected chi connectivity index (χ4v) is 2.40. The number of anilines is 1. The Morgan fingerprint density at radius 2 is 2.14 bits per heavy atom. The van der Waals surface area contributed by atoms with E-state index < -0.39 is 0 Å². The molecule has 1 aromatic rings. The molecule has 0 unspecified atom stereocenters. The summed E-state index contributed by atoms with van der Waals surface area (Å²) < 4.78 is 0. The Hall–Kier alpha value is -1.88. The highest BCUT2D eigenvalue weighted by Crippen LogP contribution is 2.22. The van der Waals surface area contributed by atoms with Gasteiger partial charge in [-0.3, -0.25) is 9.59 Å². The van der Waals surface area contributed by atoms with Crippen molar-refractivity contribution in [3.63, 3.8) is 0 Å². The van der Waals surface area contributed by atoms with Gasteiger partial charge in [-0.25, -0.2) is 0 Å². The van der Waals surface area contributed by atoms with Crippen LogP contribution in [0, 0.1) is 0 Å². The number of amides is 2. The summed E-state index contributed by atoms with van der Waals surface area (Å²) in [5.74, 6) is 0.0399. The predicted molar refractivity (Wildman–Crippen MR) is 83.5 cm³/mol. The van der Waals surface area contributed by atoms with Crippen LogP contribution in [0.2, 0.25) is 0 Å². The number of benzene rings is 1. The van der Waals surface area contributed by atoms with Crippen LogP contribution in [0.3, 0.4) is 0 Å². The fourth-order valence-electron chi connectivity index (χ4n) is 2.40. The highest BCUT2D eigenvalue weighted by Gasteiger charge is 2.22. The zero-order valence-corrected chi connectivity index (χ0v) is 12.5. The van der Waals surface area contributed by atoms with Crippen LogP contribution < -0.4 is 15.5 Å². The second kappa shape index (κ2) is 7.78. The predicted octanol–water partition coefficient (Wildman–Crippen LogP) is 1.54. The molecule has 5 nitrogen and oxygen atoms in total. The van der Waals surface area contributed by atoms with Crippen molar-refractivity contribution < 1.29 is 9.59 Å². The summed E-state index contributed by atoms with van der Waals surface area (Å²) in [6, 6.07) is 7.27. The molecule has 0 radical (unpaired) electrons. The molecule has 114 valence electrons. The van der Waals surface area contributed by atoms with E-state index in [9.17, 15) is 9.59 Å². The maximum atomic E-state index is 12.1. The molecule has 2 rings (SSSR count). The molecule has 1 fully saturated rings. The Kier molecular flexibility index (Phi) is 5.75. The third kappa shape index (κ3) is 4.29. The second-order valence-electron chi connectivity index (χ2n) is 5.21. The van der Waals surface area contributed by atoms with Crippen LogP contribution in [0.4, 0.5) is 5.69 Å². The first kappa shape index (κ1) is 15.5. The van der Waals surface area contributed by atoms with Crippen LogP contribution in [-0.4, -0.2) is 38.0 Å². The lowest BCUT2D eigenvalue weighted by molar-refractivity contribution is -0.117. The molecule has 0 spiro atoms. The monoisotopic (exact) mass is 289 g/mol. The van der Waals surface area contributed by atoms with Gasteiger partial charge in [0.25, 0.3) is 5.91 Å². The van der Waals surface area contributed by atoms with E-state index in [1.54, 1.807) is 17.0 Å². The Labute approximate surface area is 125 Å². The van der Waals surface area contributed by atoms with E-state index in [1.807, 2.05) is 12.1 Å². The summed E-state index contributed by atoms with van der Waals surface area (Å²) in [5, 5.41) is 6.12. The molecule has 1 saturated heterocycles. The minimum atomic E-state index is -0.0956. The number of hydrogen-bond donors (Lipinski definition) is 2. The standard InChI is InChI=1S/C16H23N3O2/c1-2-8-17-9-10-18-16(21)13-5-3-6-14(12-13)19-11-4-7-15(19)20/h3,5-6,12,17H,2,4,7-11H2,1H3,(H,18,21). The van der Waals surface area contributed by atoms with Crippen molar-refractivity contribution >= 4 is 17.5 Å². The molecule has 0 saturated carbocycles. The Bertz CT molecular complexity index is 502. The van der Waals surface area contributed by atoms with E-state index >= 15 is 0 Å². The zero-order chi connectivity index (χ0) is 15.1. The molecule has 0 aliphatic carbocycles. The largest absolute Gasteiger partial charge is 0.351 e. The van der Waals surface area contributed by atoms with Gasteiger partial charge < -0.3 is 15.5 Å². The smallest absolute Gasteiger partial charge is 0.251 e. The average Bonchev–Trinajstić information content (AvgIpc) is 2.93. The zero-order valence-electron chi connectivity index (χ0n) is 12.5. The van der Waals surface area contributed by atoms with Gasteiger partial charge in [-0.15, -0.1) is 0 Å². The summed E-state index contributed by atoms with van der Waals surface area (Å²) in [6.45, 7) is 5.18. The van der Waals surface area contributed by atoms with E-state index in [4.69, 9.17) is 0 Å². The molecule has 0 bridgehead atoms. The van der Waals surface area contributed by atoms with Crippen molar-refractivity contribution in [3.05, 3.63) is 29.8 Å². The number of rotatable bonds is 7. The van der Waals surface area contributed by atoms with Crippen LogP contribution >= 0.6 is 0 Å². The van der Waals surface area contributed by atoms with Crippen molar-refractivity contribution in [3.8, 4) is 0 Å². The molecule has 2 amide bonds. The summed E-state index contributed by atoms with van der Waals surface area (Å²) in [6.07, 6.45) is 2.57. The van der Waals surface area contributed by atoms with Gasteiger partial charge in [0.1, 0.15) is 0 Å². The van der Waals surface area contributed by atoms with Crippen LogP contribution in [0.5, 0.6) is 0 Å². The van der Waals surface area contributed by atoms with Crippen molar-refractivity contribution in [2.75, 3.05) is 31.1 Å². The van der Waals surface area contributed by atoms with Gasteiger partial charge in [-0.1, -0.05) is 13.0 Å². The first-order chi connectivity index (χ1) is 10.2. The highest BCUT2D eigenvalue weighted by molar-refractivity contribution is 5.99. The van der Waals surface area contributed by atoms with E-state index in [1.165, 1.54) is 0 Å². The SMILES string of the molecule is CCCNCCNC(=O)c1cccc(N2CCCC2=O)c1. The maximum absolute atomic E-state index is 12.1. The summed E-state index contributed by atoms with van der Waals surface area (Å²) in [7, 11) is 0. The lowest BCUT2D eigenvalue weighted by Crippen LogP contribution is -2.32. The van der Waals surface area contributed by atoms with Gasteiger partial charge in [0, 0.05) is 37.3 Å². The molecular formula is C16H23N3O2. The van der Waals surface area contributed by atoms with Crippen molar-refractivity contribution in [1.29, 1.82) is 0 Å². The normalized spacial score (nSPS) is 14.5. The molecule has 1 aliphatic heterocycles. The van der Waals surface area contributed by atoms with Crippen molar-refractivity contribution in [1.82, 2.24) is 10.6 Å². The van der Waals surface area contributed by atoms with Gasteiger partial charge >= 0.3 is 0 Å². The second-order valence-corrected chi connectivity index (χ2v) is 5.21. The molecule has 1 heterocycles. The molecule has 5 heteroatoms. The number of carbonyl (C=O) groups is 2. The van der Waals surface area contributed by atoms with Crippen molar-refractivity contribution in [2.24, 2.45) is 0 Å². The molecule has 21 heavy (non-hydrogen) atoms. The van der Waals surface area contributed by atoms with E-state index in [0.29, 0.717) is 18.5 Å². The van der Waals surface area contributed by atoms with Gasteiger partial charge in [0.2, 0.25) is 5.91 Å². The molecule has 1 aliphatic rings. The number of hydrogen-bond acceptors (Lipinski definition) is 3.